The summed E-state index contributed by atoms with van der Waals surface area (Å²) in [5.74, 6) is 4.68. The van der Waals surface area contributed by atoms with Gasteiger partial charge in [0, 0.05) is 28.2 Å². The number of carbonyl (C=O) groups excluding carboxylic acids is 2. The molecule has 0 radical (unpaired) electrons. The van der Waals surface area contributed by atoms with Crippen LogP contribution in [0.25, 0.3) is 0 Å². The van der Waals surface area contributed by atoms with Crippen molar-refractivity contribution in [1.82, 2.24) is 10.6 Å². The smallest absolute Gasteiger partial charge is 0.407 e. The first-order valence-corrected chi connectivity index (χ1v) is 24.9. The number of ether oxygens (including phenoxy) is 4. The lowest BCUT2D eigenvalue weighted by Gasteiger charge is -2.19. The van der Waals surface area contributed by atoms with Gasteiger partial charge in [-0.25, -0.2) is 9.59 Å². The molecule has 3 fully saturated rings. The van der Waals surface area contributed by atoms with E-state index in [4.69, 9.17) is 59.5 Å². The Balaban J connectivity index is 0.000000318. The molecule has 0 aromatic heterocycles. The van der Waals surface area contributed by atoms with Crippen LogP contribution >= 0.6 is 69.8 Å². The second-order valence-corrected chi connectivity index (χ2v) is 20.6. The zero-order valence-corrected chi connectivity index (χ0v) is 44.3. The molecule has 2 amide bonds. The van der Waals surface area contributed by atoms with Gasteiger partial charge in [0.2, 0.25) is 0 Å². The van der Waals surface area contributed by atoms with Gasteiger partial charge >= 0.3 is 12.2 Å². The molecule has 3 aliphatic carbocycles. The van der Waals surface area contributed by atoms with Crippen molar-refractivity contribution in [1.29, 1.82) is 0 Å². The van der Waals surface area contributed by atoms with Gasteiger partial charge in [0.15, 0.2) is 0 Å². The topological polar surface area (TPSA) is 141 Å². The summed E-state index contributed by atoms with van der Waals surface area (Å²) in [6.45, 7) is 20.8. The molecule has 360 valence electrons. The lowest BCUT2D eigenvalue weighted by atomic mass is 10.1. The van der Waals surface area contributed by atoms with Crippen molar-refractivity contribution in [2.75, 3.05) is 37.3 Å². The molecular formula is C49H72Cl4IN3O7. The Bertz CT molecular complexity index is 1890. The Kier molecular flexibility index (Phi) is 25.1. The van der Waals surface area contributed by atoms with Crippen molar-refractivity contribution < 1.29 is 33.6 Å². The average molecular weight is 1080 g/mol. The molecule has 0 heterocycles. The number of hydrogen-bond donors (Lipinski definition) is 4. The van der Waals surface area contributed by atoms with Gasteiger partial charge in [-0.05, 0) is 198 Å². The van der Waals surface area contributed by atoms with E-state index in [1.807, 2.05) is 77.9 Å². The van der Waals surface area contributed by atoms with Crippen LogP contribution in [0.2, 0.25) is 15.1 Å². The van der Waals surface area contributed by atoms with Crippen molar-refractivity contribution in [2.24, 2.45) is 23.5 Å². The summed E-state index contributed by atoms with van der Waals surface area (Å²) in [5.41, 5.74) is 7.95. The number of nitrogens with one attached hydrogen (secondary N) is 2. The van der Waals surface area contributed by atoms with Crippen LogP contribution in [0.15, 0.2) is 54.6 Å². The fourth-order valence-electron chi connectivity index (χ4n) is 6.78. The van der Waals surface area contributed by atoms with Crippen molar-refractivity contribution >= 4 is 82.0 Å². The van der Waals surface area contributed by atoms with Gasteiger partial charge in [0.05, 0.1) is 13.2 Å². The SMILES string of the molecule is CC(C)(C)OC(=O)NCC1CC1c1cc(Cl)ccc1O.CCCI.CCCOc1ccc(Cl)cc1C1CC1CN.CCCOc1ccc(Cl)cc1C1CC1CNC(=O)OC(C)(C)C.Cl. The Labute approximate surface area is 417 Å². The van der Waals surface area contributed by atoms with Gasteiger partial charge in [0.25, 0.3) is 0 Å². The molecule has 0 saturated heterocycles. The lowest BCUT2D eigenvalue weighted by Crippen LogP contribution is -2.33. The van der Waals surface area contributed by atoms with E-state index in [-0.39, 0.29) is 30.2 Å². The Morgan fingerprint density at radius 2 is 1.02 bits per heavy atom. The minimum absolute atomic E-state index is 0. The highest BCUT2D eigenvalue weighted by molar-refractivity contribution is 14.1. The van der Waals surface area contributed by atoms with Crippen molar-refractivity contribution in [3.63, 3.8) is 0 Å². The zero-order chi connectivity index (χ0) is 46.9. The molecule has 3 aromatic carbocycles. The molecule has 0 bridgehead atoms. The quantitative estimate of drug-likeness (QED) is 0.0871. The van der Waals surface area contributed by atoms with Crippen LogP contribution < -0.4 is 25.8 Å². The number of phenols is 1. The van der Waals surface area contributed by atoms with Crippen LogP contribution in [-0.4, -0.2) is 65.8 Å². The fourth-order valence-corrected chi connectivity index (χ4v) is 7.32. The van der Waals surface area contributed by atoms with Crippen LogP contribution in [0.5, 0.6) is 17.2 Å². The molecule has 15 heteroatoms. The maximum Gasteiger partial charge on any atom is 0.407 e. The van der Waals surface area contributed by atoms with Gasteiger partial charge in [-0.15, -0.1) is 12.4 Å². The average Bonchev–Trinajstić information content (AvgIpc) is 4.11. The molecule has 3 aliphatic rings. The van der Waals surface area contributed by atoms with Crippen LogP contribution in [-0.2, 0) is 9.47 Å². The second kappa shape index (κ2) is 27.9. The summed E-state index contributed by atoms with van der Waals surface area (Å²) in [6, 6.07) is 16.7. The monoisotopic (exact) mass is 1080 g/mol. The summed E-state index contributed by atoms with van der Waals surface area (Å²) in [4.78, 5) is 23.3. The first-order chi connectivity index (χ1) is 29.7. The Morgan fingerprint density at radius 1 is 0.656 bits per heavy atom. The molecular weight excluding hydrogens is 1010 g/mol. The number of halogens is 5. The van der Waals surface area contributed by atoms with E-state index >= 15 is 0 Å². The van der Waals surface area contributed by atoms with Gasteiger partial charge < -0.3 is 40.4 Å². The number of alkyl halides is 1. The highest BCUT2D eigenvalue weighted by Gasteiger charge is 2.42. The van der Waals surface area contributed by atoms with E-state index in [2.05, 4.69) is 54.0 Å². The minimum Gasteiger partial charge on any atom is -0.508 e. The van der Waals surface area contributed by atoms with E-state index < -0.39 is 17.3 Å². The van der Waals surface area contributed by atoms with Gasteiger partial charge in [-0.2, -0.15) is 0 Å². The molecule has 0 aliphatic heterocycles. The maximum absolute atomic E-state index is 11.7. The highest BCUT2D eigenvalue weighted by Crippen LogP contribution is 2.52. The normalized spacial score (nSPS) is 20.2. The third-order valence-corrected chi connectivity index (χ3v) is 11.9. The first kappa shape index (κ1) is 57.6. The summed E-state index contributed by atoms with van der Waals surface area (Å²) < 4.78 is 23.3. The number of alkyl carbamates (subject to hydrolysis) is 2. The van der Waals surface area contributed by atoms with Gasteiger partial charge in [-0.1, -0.05) is 78.2 Å². The van der Waals surface area contributed by atoms with Crippen molar-refractivity contribution in [3.05, 3.63) is 86.4 Å². The van der Waals surface area contributed by atoms with Crippen LogP contribution in [0.4, 0.5) is 9.59 Å². The number of phenolic OH excluding ortho intramolecular Hbond substituents is 1. The van der Waals surface area contributed by atoms with E-state index in [9.17, 15) is 14.7 Å². The molecule has 0 spiro atoms. The van der Waals surface area contributed by atoms with E-state index in [1.54, 1.807) is 18.2 Å². The molecule has 10 nitrogen and oxygen atoms in total. The maximum atomic E-state index is 11.7. The number of nitrogens with two attached hydrogens (primary N) is 1. The zero-order valence-electron chi connectivity index (χ0n) is 39.0. The van der Waals surface area contributed by atoms with E-state index in [0.717, 1.165) is 71.5 Å². The largest absolute Gasteiger partial charge is 0.508 e. The predicted molar refractivity (Wildman–Crippen MR) is 274 cm³/mol. The molecule has 64 heavy (non-hydrogen) atoms. The van der Waals surface area contributed by atoms with Gasteiger partial charge in [-0.3, -0.25) is 0 Å². The summed E-state index contributed by atoms with van der Waals surface area (Å²) in [6.07, 6.45) is 5.65. The number of carbonyl (C=O) groups is 2. The first-order valence-electron chi connectivity index (χ1n) is 22.3. The fraction of sp³-hybridized carbons (Fsp3) is 0.592. The number of rotatable bonds is 15. The molecule has 6 atom stereocenters. The number of hydrogen-bond acceptors (Lipinski definition) is 8. The number of amides is 2. The molecule has 5 N–H and O–H groups in total. The van der Waals surface area contributed by atoms with Gasteiger partial charge in [0.1, 0.15) is 28.5 Å². The Hall–Kier alpha value is -2.55. The summed E-state index contributed by atoms with van der Waals surface area (Å²) in [7, 11) is 0. The minimum atomic E-state index is -0.488. The second-order valence-electron chi connectivity index (χ2n) is 18.3. The lowest BCUT2D eigenvalue weighted by molar-refractivity contribution is 0.0513. The number of aromatic hydroxyl groups is 1. The van der Waals surface area contributed by atoms with Crippen LogP contribution in [0.3, 0.4) is 0 Å². The van der Waals surface area contributed by atoms with Crippen molar-refractivity contribution in [2.45, 2.75) is 130 Å². The predicted octanol–water partition coefficient (Wildman–Crippen LogP) is 13.9. The third-order valence-electron chi connectivity index (χ3n) is 10.1. The Morgan fingerprint density at radius 3 is 1.38 bits per heavy atom. The standard InChI is InChI=1S/C18H26ClNO3.C15H20ClNO3.C13H18ClNO.C3H7I.ClH/c1-5-8-22-16-7-6-13(19)10-15(16)14-9-12(14)11-20-17(21)23-18(2,3)4;1-15(2,3)20-14(19)17-8-9-6-11(9)12-7-10(16)4-5-13(12)18;1-2-5-16-13-4-3-10(14)7-12(13)11-6-9(11)8-15;1-2-3-4;/h6-7,10,12,14H,5,8-9,11H2,1-4H3,(H,20,21);4-5,7,9,11,18H,6,8H2,1-3H3,(H,17,19);3-4,7,9,11H,2,5-6,8,15H2,1H3;2-3H2,1H3;1H. The molecule has 6 rings (SSSR count). The van der Waals surface area contributed by atoms with E-state index in [1.165, 1.54) is 22.8 Å². The van der Waals surface area contributed by atoms with Crippen LogP contribution in [0, 0.1) is 17.8 Å². The third kappa shape index (κ3) is 21.4. The summed E-state index contributed by atoms with van der Waals surface area (Å²) >= 11 is 20.4. The van der Waals surface area contributed by atoms with Crippen molar-refractivity contribution in [3.8, 4) is 17.2 Å². The molecule has 6 unspecified atom stereocenters. The highest BCUT2D eigenvalue weighted by atomic mass is 127. The van der Waals surface area contributed by atoms with E-state index in [0.29, 0.717) is 54.3 Å². The molecule has 3 saturated carbocycles. The number of benzene rings is 3. The molecule has 3 aromatic rings. The van der Waals surface area contributed by atoms with Crippen LogP contribution in [0.1, 0.15) is 135 Å². The summed E-state index contributed by atoms with van der Waals surface area (Å²) in [5, 5.41) is 17.5.